The summed E-state index contributed by atoms with van der Waals surface area (Å²) in [5, 5.41) is 13.9. The van der Waals surface area contributed by atoms with Crippen molar-refractivity contribution in [2.24, 2.45) is 0 Å². The van der Waals surface area contributed by atoms with Gasteiger partial charge in [0.2, 0.25) is 0 Å². The molecule has 18 heavy (non-hydrogen) atoms. The van der Waals surface area contributed by atoms with Gasteiger partial charge in [-0.3, -0.25) is 0 Å². The molecule has 1 rings (SSSR count). The summed E-state index contributed by atoms with van der Waals surface area (Å²) in [5.41, 5.74) is 1.40. The van der Waals surface area contributed by atoms with Crippen LogP contribution < -0.4 is 10.6 Å². The van der Waals surface area contributed by atoms with Gasteiger partial charge in [-0.1, -0.05) is 6.07 Å². The van der Waals surface area contributed by atoms with Crippen LogP contribution in [0.2, 0.25) is 0 Å². The molecule has 0 fully saturated rings. The smallest absolute Gasteiger partial charge is 0.328 e. The minimum absolute atomic E-state index is 0.535. The summed E-state index contributed by atoms with van der Waals surface area (Å²) in [7, 11) is 0. The standard InChI is InChI=1S/C13H18N2O3/c1-8-5-9(2)7-10(6-8)14-12(18)15-13(3,4)11(16)17/h5-7H,1-4H3,(H,16,17)(H2,14,15,18). The minimum atomic E-state index is -1.30. The van der Waals surface area contributed by atoms with Gasteiger partial charge in [-0.15, -0.1) is 0 Å². The molecule has 0 spiro atoms. The van der Waals surface area contributed by atoms with Gasteiger partial charge in [0.05, 0.1) is 0 Å². The summed E-state index contributed by atoms with van der Waals surface area (Å²) in [6.07, 6.45) is 0. The lowest BCUT2D eigenvalue weighted by Crippen LogP contribution is -2.51. The zero-order valence-corrected chi connectivity index (χ0v) is 11.0. The lowest BCUT2D eigenvalue weighted by atomic mass is 10.1. The van der Waals surface area contributed by atoms with E-state index in [-0.39, 0.29) is 0 Å². The molecule has 0 radical (unpaired) electrons. The molecule has 0 atom stereocenters. The van der Waals surface area contributed by atoms with Crippen LogP contribution in [0, 0.1) is 13.8 Å². The fourth-order valence-corrected chi connectivity index (χ4v) is 1.55. The molecule has 5 heteroatoms. The summed E-state index contributed by atoms with van der Waals surface area (Å²) in [6, 6.07) is 5.10. The highest BCUT2D eigenvalue weighted by molar-refractivity contribution is 5.93. The van der Waals surface area contributed by atoms with Crippen molar-refractivity contribution in [1.29, 1.82) is 0 Å². The minimum Gasteiger partial charge on any atom is -0.480 e. The molecular formula is C13H18N2O3. The third-order valence-electron chi connectivity index (χ3n) is 2.44. The number of carbonyl (C=O) groups excluding carboxylic acids is 1. The molecule has 0 saturated heterocycles. The van der Waals surface area contributed by atoms with E-state index in [4.69, 9.17) is 5.11 Å². The number of rotatable bonds is 3. The van der Waals surface area contributed by atoms with E-state index in [0.717, 1.165) is 11.1 Å². The van der Waals surface area contributed by atoms with E-state index in [0.29, 0.717) is 5.69 Å². The number of nitrogens with one attached hydrogen (secondary N) is 2. The Balaban J connectivity index is 2.73. The molecule has 1 aromatic rings. The Morgan fingerprint density at radius 2 is 1.61 bits per heavy atom. The SMILES string of the molecule is Cc1cc(C)cc(NC(=O)NC(C)(C)C(=O)O)c1. The number of carbonyl (C=O) groups is 2. The van der Waals surface area contributed by atoms with Gasteiger partial charge in [-0.05, 0) is 51.0 Å². The molecule has 5 nitrogen and oxygen atoms in total. The largest absolute Gasteiger partial charge is 0.480 e. The maximum absolute atomic E-state index is 11.7. The van der Waals surface area contributed by atoms with Crippen LogP contribution in [0.15, 0.2) is 18.2 Å². The first-order valence-electron chi connectivity index (χ1n) is 5.61. The molecule has 0 aliphatic carbocycles. The van der Waals surface area contributed by atoms with Crippen molar-refractivity contribution in [2.45, 2.75) is 33.2 Å². The van der Waals surface area contributed by atoms with Crippen LogP contribution in [0.1, 0.15) is 25.0 Å². The van der Waals surface area contributed by atoms with E-state index in [1.165, 1.54) is 13.8 Å². The number of aryl methyl sites for hydroxylation is 2. The van der Waals surface area contributed by atoms with Crippen molar-refractivity contribution in [1.82, 2.24) is 5.32 Å². The number of hydrogen-bond acceptors (Lipinski definition) is 2. The highest BCUT2D eigenvalue weighted by atomic mass is 16.4. The molecule has 0 aliphatic heterocycles. The number of aliphatic carboxylic acids is 1. The monoisotopic (exact) mass is 250 g/mol. The Morgan fingerprint density at radius 1 is 1.11 bits per heavy atom. The van der Waals surface area contributed by atoms with Crippen LogP contribution in [-0.2, 0) is 4.79 Å². The maximum atomic E-state index is 11.7. The average molecular weight is 250 g/mol. The van der Waals surface area contributed by atoms with Gasteiger partial charge >= 0.3 is 12.0 Å². The molecule has 1 aromatic carbocycles. The van der Waals surface area contributed by atoms with Gasteiger partial charge < -0.3 is 15.7 Å². The first-order valence-corrected chi connectivity index (χ1v) is 5.61. The number of hydrogen-bond donors (Lipinski definition) is 3. The van der Waals surface area contributed by atoms with Crippen LogP contribution in [0.4, 0.5) is 10.5 Å². The van der Waals surface area contributed by atoms with Gasteiger partial charge in [-0.2, -0.15) is 0 Å². The van der Waals surface area contributed by atoms with Crippen molar-refractivity contribution in [3.05, 3.63) is 29.3 Å². The van der Waals surface area contributed by atoms with Crippen LogP contribution in [-0.4, -0.2) is 22.6 Å². The Labute approximate surface area is 106 Å². The number of urea groups is 1. The fourth-order valence-electron chi connectivity index (χ4n) is 1.55. The van der Waals surface area contributed by atoms with Crippen LogP contribution in [0.5, 0.6) is 0 Å². The number of carboxylic acid groups (broad SMARTS) is 1. The Hall–Kier alpha value is -2.04. The predicted octanol–water partition coefficient (Wildman–Crippen LogP) is 2.29. The molecule has 0 heterocycles. The highest BCUT2D eigenvalue weighted by Crippen LogP contribution is 2.14. The zero-order chi connectivity index (χ0) is 13.9. The number of amides is 2. The summed E-state index contributed by atoms with van der Waals surface area (Å²) in [4.78, 5) is 22.5. The molecule has 2 amide bonds. The lowest BCUT2D eigenvalue weighted by molar-refractivity contribution is -0.142. The van der Waals surface area contributed by atoms with E-state index in [1.807, 2.05) is 32.0 Å². The van der Waals surface area contributed by atoms with E-state index in [9.17, 15) is 9.59 Å². The van der Waals surface area contributed by atoms with Crippen molar-refractivity contribution in [3.8, 4) is 0 Å². The first-order chi connectivity index (χ1) is 8.20. The first kappa shape index (κ1) is 14.0. The topological polar surface area (TPSA) is 78.4 Å². The van der Waals surface area contributed by atoms with Crippen molar-refractivity contribution in [3.63, 3.8) is 0 Å². The van der Waals surface area contributed by atoms with Crippen LogP contribution in [0.3, 0.4) is 0 Å². The van der Waals surface area contributed by atoms with Gasteiger partial charge in [0, 0.05) is 5.69 Å². The summed E-state index contributed by atoms with van der Waals surface area (Å²) in [5.74, 6) is -1.09. The van der Waals surface area contributed by atoms with E-state index >= 15 is 0 Å². The fraction of sp³-hybridized carbons (Fsp3) is 0.385. The van der Waals surface area contributed by atoms with Crippen LogP contribution >= 0.6 is 0 Å². The molecular weight excluding hydrogens is 232 g/mol. The lowest BCUT2D eigenvalue weighted by Gasteiger charge is -2.21. The quantitative estimate of drug-likeness (QED) is 0.770. The van der Waals surface area contributed by atoms with Crippen LogP contribution in [0.25, 0.3) is 0 Å². The summed E-state index contributed by atoms with van der Waals surface area (Å²) in [6.45, 7) is 6.71. The Bertz CT molecular complexity index is 461. The summed E-state index contributed by atoms with van der Waals surface area (Å²) < 4.78 is 0. The van der Waals surface area contributed by atoms with Gasteiger partial charge in [0.25, 0.3) is 0 Å². The maximum Gasteiger partial charge on any atom is 0.328 e. The van der Waals surface area contributed by atoms with E-state index in [2.05, 4.69) is 10.6 Å². The van der Waals surface area contributed by atoms with E-state index in [1.54, 1.807) is 0 Å². The molecule has 3 N–H and O–H groups in total. The van der Waals surface area contributed by atoms with Crippen molar-refractivity contribution < 1.29 is 14.7 Å². The molecule has 0 aliphatic rings. The second-order valence-electron chi connectivity index (χ2n) is 4.89. The normalized spacial score (nSPS) is 10.9. The Kier molecular flexibility index (Phi) is 3.96. The predicted molar refractivity (Wildman–Crippen MR) is 69.8 cm³/mol. The second-order valence-corrected chi connectivity index (χ2v) is 4.89. The molecule has 0 saturated carbocycles. The Morgan fingerprint density at radius 3 is 2.06 bits per heavy atom. The number of carboxylic acids is 1. The summed E-state index contributed by atoms with van der Waals surface area (Å²) >= 11 is 0. The molecule has 0 aromatic heterocycles. The van der Waals surface area contributed by atoms with Gasteiger partial charge in [0.15, 0.2) is 0 Å². The van der Waals surface area contributed by atoms with Gasteiger partial charge in [0.1, 0.15) is 5.54 Å². The second kappa shape index (κ2) is 5.08. The van der Waals surface area contributed by atoms with E-state index < -0.39 is 17.5 Å². The average Bonchev–Trinajstić information content (AvgIpc) is 2.13. The molecule has 98 valence electrons. The molecule has 0 bridgehead atoms. The van der Waals surface area contributed by atoms with Crippen molar-refractivity contribution in [2.75, 3.05) is 5.32 Å². The molecule has 0 unspecified atom stereocenters. The zero-order valence-electron chi connectivity index (χ0n) is 11.0. The highest BCUT2D eigenvalue weighted by Gasteiger charge is 2.28. The van der Waals surface area contributed by atoms with Crippen molar-refractivity contribution >= 4 is 17.7 Å². The third-order valence-corrected chi connectivity index (χ3v) is 2.44. The van der Waals surface area contributed by atoms with Gasteiger partial charge in [-0.25, -0.2) is 9.59 Å². The third kappa shape index (κ3) is 3.76. The number of benzene rings is 1. The number of anilines is 1.